The molecule has 5 rings (SSSR count). The fourth-order valence-corrected chi connectivity index (χ4v) is 6.16. The molecule has 5 aromatic rings. The van der Waals surface area contributed by atoms with Crippen molar-refractivity contribution in [1.29, 1.82) is 0 Å². The summed E-state index contributed by atoms with van der Waals surface area (Å²) in [6, 6.07) is 12.3. The van der Waals surface area contributed by atoms with E-state index in [9.17, 15) is 9.59 Å². The minimum atomic E-state index is -0.207. The van der Waals surface area contributed by atoms with Gasteiger partial charge in [-0.2, -0.15) is 0 Å². The van der Waals surface area contributed by atoms with E-state index in [0.29, 0.717) is 21.8 Å². The number of benzene rings is 3. The van der Waals surface area contributed by atoms with Crippen LogP contribution >= 0.6 is 0 Å². The summed E-state index contributed by atoms with van der Waals surface area (Å²) in [6.45, 7) is 25.9. The second-order valence-electron chi connectivity index (χ2n) is 15.7. The maximum absolute atomic E-state index is 14.3. The Hall–Kier alpha value is -3.40. The number of pyridine rings is 2. The standard InChI is InChI=1S/C36H44N2O2/c1-33(2,3)21-13-15-23(35(7,8)9)29-27(21)31(39)19-17-26-20(18-25(19)37-29)32(40)28-22(34(4,5)6)14-16-24(30(28)38-26)36(10,11)12/h13-18H,1-12H3,(H,37,39)(H,38,40). The van der Waals surface area contributed by atoms with Crippen molar-refractivity contribution in [3.63, 3.8) is 0 Å². The van der Waals surface area contributed by atoms with Crippen LogP contribution in [-0.4, -0.2) is 9.97 Å². The van der Waals surface area contributed by atoms with Gasteiger partial charge in [0, 0.05) is 10.8 Å². The Kier molecular flexibility index (Phi) is 6.02. The second kappa shape index (κ2) is 8.55. The van der Waals surface area contributed by atoms with Crippen LogP contribution < -0.4 is 10.9 Å². The first-order valence-corrected chi connectivity index (χ1v) is 14.4. The summed E-state index contributed by atoms with van der Waals surface area (Å²) in [5.74, 6) is 0. The third-order valence-electron chi connectivity index (χ3n) is 8.26. The molecule has 2 aromatic heterocycles. The van der Waals surface area contributed by atoms with Crippen LogP contribution in [0.3, 0.4) is 0 Å². The van der Waals surface area contributed by atoms with Crippen molar-refractivity contribution in [3.8, 4) is 0 Å². The largest absolute Gasteiger partial charge is 0.354 e. The van der Waals surface area contributed by atoms with E-state index in [2.05, 4.69) is 117 Å². The quantitative estimate of drug-likeness (QED) is 0.194. The van der Waals surface area contributed by atoms with Crippen molar-refractivity contribution in [1.82, 2.24) is 9.97 Å². The Bertz CT molecular complexity index is 1810. The molecule has 0 radical (unpaired) electrons. The average molecular weight is 537 g/mol. The summed E-state index contributed by atoms with van der Waals surface area (Å²) in [4.78, 5) is 35.9. The monoisotopic (exact) mass is 536 g/mol. The molecule has 0 amide bonds. The lowest BCUT2D eigenvalue weighted by atomic mass is 9.78. The Morgan fingerprint density at radius 3 is 1.00 bits per heavy atom. The predicted molar refractivity (Wildman–Crippen MR) is 173 cm³/mol. The van der Waals surface area contributed by atoms with Crippen LogP contribution in [-0.2, 0) is 21.7 Å². The molecule has 2 heterocycles. The first-order chi connectivity index (χ1) is 18.2. The van der Waals surface area contributed by atoms with Gasteiger partial charge in [0.25, 0.3) is 0 Å². The van der Waals surface area contributed by atoms with Gasteiger partial charge in [-0.05, 0) is 56.0 Å². The SMILES string of the molecule is CC(C)(C)c1ccc(C(C)(C)C)c2c(=O)c3cc4[nH]c5c(C(C)(C)C)ccc(C(C)(C)C)c5c(=O)c4cc3[nH]c12. The number of H-pyrrole nitrogens is 2. The van der Waals surface area contributed by atoms with Crippen molar-refractivity contribution in [2.75, 3.05) is 0 Å². The first kappa shape index (κ1) is 28.1. The van der Waals surface area contributed by atoms with Crippen molar-refractivity contribution >= 4 is 43.6 Å². The number of hydrogen-bond donors (Lipinski definition) is 2. The number of rotatable bonds is 0. The number of hydrogen-bond acceptors (Lipinski definition) is 2. The molecule has 4 nitrogen and oxygen atoms in total. The summed E-state index contributed by atoms with van der Waals surface area (Å²) >= 11 is 0. The average Bonchev–Trinajstić information content (AvgIpc) is 2.80. The molecule has 0 aliphatic heterocycles. The second-order valence-corrected chi connectivity index (χ2v) is 15.7. The molecular weight excluding hydrogens is 492 g/mol. The molecule has 0 unspecified atom stereocenters. The molecule has 0 fully saturated rings. The Morgan fingerprint density at radius 1 is 0.450 bits per heavy atom. The van der Waals surface area contributed by atoms with Gasteiger partial charge in [0.05, 0.1) is 32.8 Å². The minimum Gasteiger partial charge on any atom is -0.354 e. The van der Waals surface area contributed by atoms with E-state index in [1.165, 1.54) is 0 Å². The minimum absolute atomic E-state index is 0.00195. The van der Waals surface area contributed by atoms with E-state index in [-0.39, 0.29) is 32.5 Å². The highest BCUT2D eigenvalue weighted by molar-refractivity contribution is 6.05. The van der Waals surface area contributed by atoms with Crippen molar-refractivity contribution in [2.24, 2.45) is 0 Å². The fourth-order valence-electron chi connectivity index (χ4n) is 6.16. The molecule has 2 N–H and O–H groups in total. The lowest BCUT2D eigenvalue weighted by molar-refractivity contribution is 0.584. The summed E-state index contributed by atoms with van der Waals surface area (Å²) in [5, 5.41) is 2.66. The molecule has 4 heteroatoms. The van der Waals surface area contributed by atoms with E-state index in [4.69, 9.17) is 0 Å². The zero-order chi connectivity index (χ0) is 29.7. The zero-order valence-corrected chi connectivity index (χ0v) is 26.3. The van der Waals surface area contributed by atoms with E-state index in [1.54, 1.807) is 0 Å². The highest BCUT2D eigenvalue weighted by Gasteiger charge is 2.28. The summed E-state index contributed by atoms with van der Waals surface area (Å²) in [7, 11) is 0. The lowest BCUT2D eigenvalue weighted by Crippen LogP contribution is -2.21. The molecule has 0 atom stereocenters. The molecule has 3 aromatic carbocycles. The zero-order valence-electron chi connectivity index (χ0n) is 26.3. The molecule has 0 spiro atoms. The van der Waals surface area contributed by atoms with Crippen LogP contribution in [0.4, 0.5) is 0 Å². The van der Waals surface area contributed by atoms with E-state index >= 15 is 0 Å². The first-order valence-electron chi connectivity index (χ1n) is 14.4. The van der Waals surface area contributed by atoms with E-state index < -0.39 is 0 Å². The molecule has 0 bridgehead atoms. The third kappa shape index (κ3) is 4.36. The van der Waals surface area contributed by atoms with Gasteiger partial charge < -0.3 is 9.97 Å². The number of nitrogens with one attached hydrogen (secondary N) is 2. The normalized spacial score (nSPS) is 13.7. The van der Waals surface area contributed by atoms with Gasteiger partial charge in [0.2, 0.25) is 0 Å². The van der Waals surface area contributed by atoms with Crippen LogP contribution in [0, 0.1) is 0 Å². The van der Waals surface area contributed by atoms with Gasteiger partial charge >= 0.3 is 0 Å². The lowest BCUT2D eigenvalue weighted by Gasteiger charge is -2.27. The van der Waals surface area contributed by atoms with Gasteiger partial charge in [-0.1, -0.05) is 107 Å². The summed E-state index contributed by atoms with van der Waals surface area (Å²) in [5.41, 5.74) is 6.59. The van der Waals surface area contributed by atoms with Crippen molar-refractivity contribution < 1.29 is 0 Å². The molecule has 0 saturated carbocycles. The molecule has 0 saturated heterocycles. The highest BCUT2D eigenvalue weighted by atomic mass is 16.1. The van der Waals surface area contributed by atoms with Crippen LogP contribution in [0.5, 0.6) is 0 Å². The van der Waals surface area contributed by atoms with Gasteiger partial charge in [-0.15, -0.1) is 0 Å². The van der Waals surface area contributed by atoms with E-state index in [0.717, 1.165) is 44.1 Å². The molecule has 40 heavy (non-hydrogen) atoms. The Morgan fingerprint density at radius 2 is 0.725 bits per heavy atom. The van der Waals surface area contributed by atoms with Crippen molar-refractivity contribution in [3.05, 3.63) is 79.1 Å². The van der Waals surface area contributed by atoms with Gasteiger partial charge in [0.15, 0.2) is 10.9 Å². The van der Waals surface area contributed by atoms with Crippen LogP contribution in [0.15, 0.2) is 46.0 Å². The van der Waals surface area contributed by atoms with Crippen LogP contribution in [0.25, 0.3) is 43.6 Å². The number of aromatic amines is 2. The maximum Gasteiger partial charge on any atom is 0.197 e. The van der Waals surface area contributed by atoms with Crippen molar-refractivity contribution in [2.45, 2.75) is 105 Å². The topological polar surface area (TPSA) is 65.7 Å². The van der Waals surface area contributed by atoms with Crippen LogP contribution in [0.2, 0.25) is 0 Å². The third-order valence-corrected chi connectivity index (χ3v) is 8.26. The van der Waals surface area contributed by atoms with Crippen LogP contribution in [0.1, 0.15) is 105 Å². The van der Waals surface area contributed by atoms with E-state index in [1.807, 2.05) is 12.1 Å². The number of aromatic nitrogens is 2. The molecule has 0 aliphatic carbocycles. The fraction of sp³-hybridized carbons (Fsp3) is 0.444. The Labute approximate surface area is 237 Å². The van der Waals surface area contributed by atoms with Gasteiger partial charge in [-0.3, -0.25) is 9.59 Å². The molecule has 0 aliphatic rings. The summed E-state index contributed by atoms with van der Waals surface area (Å²) in [6.07, 6.45) is 0. The number of fused-ring (bicyclic) bond motifs is 4. The highest BCUT2D eigenvalue weighted by Crippen LogP contribution is 2.37. The summed E-state index contributed by atoms with van der Waals surface area (Å²) < 4.78 is 0. The van der Waals surface area contributed by atoms with Gasteiger partial charge in [0.1, 0.15) is 0 Å². The smallest absolute Gasteiger partial charge is 0.197 e. The molecular formula is C36H44N2O2. The maximum atomic E-state index is 14.3. The predicted octanol–water partition coefficient (Wildman–Crippen LogP) is 8.87. The Balaban J connectivity index is 2.03. The molecule has 210 valence electrons. The van der Waals surface area contributed by atoms with Gasteiger partial charge in [-0.25, -0.2) is 0 Å².